The first-order chi connectivity index (χ1) is 9.63. The first kappa shape index (κ1) is 15.9. The molecule has 0 spiro atoms. The van der Waals surface area contributed by atoms with Crippen molar-refractivity contribution in [2.45, 2.75) is 39.3 Å². The minimum absolute atomic E-state index is 0.452. The largest absolute Gasteiger partial charge is 0.309 e. The Hall–Kier alpha value is -0.510. The number of nitrogens with one attached hydrogen (secondary N) is 1. The van der Waals surface area contributed by atoms with Gasteiger partial charge in [-0.1, -0.05) is 30.7 Å². The van der Waals surface area contributed by atoms with Gasteiger partial charge in [-0.15, -0.1) is 0 Å². The zero-order valence-electron chi connectivity index (χ0n) is 13.3. The molecule has 1 N–H and O–H groups in total. The maximum atomic E-state index is 3.79. The highest BCUT2D eigenvalue weighted by atomic mass is 32.2. The summed E-state index contributed by atoms with van der Waals surface area (Å²) in [5.41, 5.74) is 4.25. The summed E-state index contributed by atoms with van der Waals surface area (Å²) < 4.78 is 0. The molecule has 0 aromatic heterocycles. The van der Waals surface area contributed by atoms with Gasteiger partial charge in [0.2, 0.25) is 0 Å². The number of hydrogen-bond donors (Lipinski definition) is 1. The van der Waals surface area contributed by atoms with Gasteiger partial charge in [-0.2, -0.15) is 11.8 Å². The van der Waals surface area contributed by atoms with E-state index in [2.05, 4.69) is 68.0 Å². The number of rotatable bonds is 5. The first-order valence-electron chi connectivity index (χ1n) is 7.72. The molecule has 1 heterocycles. The Morgan fingerprint density at radius 1 is 1.40 bits per heavy atom. The summed E-state index contributed by atoms with van der Waals surface area (Å²) in [6.45, 7) is 8.95. The van der Waals surface area contributed by atoms with Crippen molar-refractivity contribution in [1.82, 2.24) is 10.2 Å². The summed E-state index contributed by atoms with van der Waals surface area (Å²) in [5, 5.41) is 3.79. The van der Waals surface area contributed by atoms with Crippen LogP contribution in [0.15, 0.2) is 18.2 Å². The van der Waals surface area contributed by atoms with Crippen LogP contribution in [0.4, 0.5) is 0 Å². The van der Waals surface area contributed by atoms with Gasteiger partial charge < -0.3 is 5.32 Å². The Bertz CT molecular complexity index is 433. The zero-order chi connectivity index (χ0) is 14.5. The summed E-state index contributed by atoms with van der Waals surface area (Å²) in [7, 11) is 2.27. The third-order valence-electron chi connectivity index (χ3n) is 4.20. The number of benzene rings is 1. The molecule has 1 aromatic rings. The molecular weight excluding hydrogens is 264 g/mol. The average Bonchev–Trinajstić information content (AvgIpc) is 2.42. The van der Waals surface area contributed by atoms with Crippen LogP contribution in [0.3, 0.4) is 0 Å². The average molecular weight is 292 g/mol. The minimum Gasteiger partial charge on any atom is -0.309 e. The third-order valence-corrected chi connectivity index (χ3v) is 5.25. The number of aryl methyl sites for hydroxylation is 2. The van der Waals surface area contributed by atoms with Crippen LogP contribution in [0.2, 0.25) is 0 Å². The lowest BCUT2D eigenvalue weighted by molar-refractivity contribution is 0.215. The fourth-order valence-electron chi connectivity index (χ4n) is 2.98. The Balaban J connectivity index is 2.25. The quantitative estimate of drug-likeness (QED) is 0.895. The molecule has 1 saturated heterocycles. The van der Waals surface area contributed by atoms with E-state index in [0.717, 1.165) is 6.54 Å². The van der Waals surface area contributed by atoms with Crippen LogP contribution in [0.5, 0.6) is 0 Å². The summed E-state index contributed by atoms with van der Waals surface area (Å²) in [4.78, 5) is 2.53. The standard InChI is InChI=1S/C17H28N2S/c1-5-8-18-17(16-12-20-10-9-19(16)4)15-7-6-13(2)11-14(15)3/h6-7,11,16-18H,5,8-10,12H2,1-4H3. The molecule has 20 heavy (non-hydrogen) atoms. The lowest BCUT2D eigenvalue weighted by atomic mass is 9.93. The summed E-state index contributed by atoms with van der Waals surface area (Å²) in [6, 6.07) is 7.94. The monoisotopic (exact) mass is 292 g/mol. The topological polar surface area (TPSA) is 15.3 Å². The Morgan fingerprint density at radius 3 is 2.85 bits per heavy atom. The van der Waals surface area contributed by atoms with Crippen molar-refractivity contribution < 1.29 is 0 Å². The van der Waals surface area contributed by atoms with Gasteiger partial charge in [0.05, 0.1) is 0 Å². The molecule has 1 aliphatic rings. The van der Waals surface area contributed by atoms with Crippen LogP contribution in [-0.2, 0) is 0 Å². The van der Waals surface area contributed by atoms with Crippen LogP contribution in [0.25, 0.3) is 0 Å². The van der Waals surface area contributed by atoms with E-state index in [1.54, 1.807) is 0 Å². The summed E-state index contributed by atoms with van der Waals surface area (Å²) >= 11 is 2.09. The van der Waals surface area contributed by atoms with Gasteiger partial charge in [0.15, 0.2) is 0 Å². The molecule has 1 aliphatic heterocycles. The maximum Gasteiger partial charge on any atom is 0.0488 e. The van der Waals surface area contributed by atoms with Gasteiger partial charge in [0.25, 0.3) is 0 Å². The second-order valence-corrected chi connectivity index (χ2v) is 7.06. The number of thioether (sulfide) groups is 1. The van der Waals surface area contributed by atoms with Crippen molar-refractivity contribution in [1.29, 1.82) is 0 Å². The Labute approximate surface area is 128 Å². The second kappa shape index (κ2) is 7.48. The van der Waals surface area contributed by atoms with Crippen LogP contribution in [0, 0.1) is 13.8 Å². The van der Waals surface area contributed by atoms with Crippen LogP contribution >= 0.6 is 11.8 Å². The van der Waals surface area contributed by atoms with Gasteiger partial charge in [-0.25, -0.2) is 0 Å². The van der Waals surface area contributed by atoms with Gasteiger partial charge >= 0.3 is 0 Å². The van der Waals surface area contributed by atoms with E-state index < -0.39 is 0 Å². The molecule has 1 fully saturated rings. The van der Waals surface area contributed by atoms with E-state index in [9.17, 15) is 0 Å². The molecule has 1 aromatic carbocycles. The van der Waals surface area contributed by atoms with E-state index in [4.69, 9.17) is 0 Å². The van der Waals surface area contributed by atoms with E-state index >= 15 is 0 Å². The zero-order valence-corrected chi connectivity index (χ0v) is 14.1. The van der Waals surface area contributed by atoms with E-state index in [1.807, 2.05) is 0 Å². The molecule has 3 heteroatoms. The van der Waals surface area contributed by atoms with E-state index in [-0.39, 0.29) is 0 Å². The van der Waals surface area contributed by atoms with Crippen molar-refractivity contribution in [2.75, 3.05) is 31.6 Å². The Kier molecular flexibility index (Phi) is 5.94. The lowest BCUT2D eigenvalue weighted by Crippen LogP contribution is -2.48. The van der Waals surface area contributed by atoms with Crippen molar-refractivity contribution in [2.24, 2.45) is 0 Å². The molecule has 0 saturated carbocycles. The minimum atomic E-state index is 0.452. The molecule has 0 amide bonds. The Morgan fingerprint density at radius 2 is 2.20 bits per heavy atom. The van der Waals surface area contributed by atoms with Crippen LogP contribution in [-0.4, -0.2) is 42.6 Å². The molecule has 0 aliphatic carbocycles. The maximum absolute atomic E-state index is 3.79. The summed E-state index contributed by atoms with van der Waals surface area (Å²) in [5.74, 6) is 2.49. The third kappa shape index (κ3) is 3.78. The van der Waals surface area contributed by atoms with Crippen molar-refractivity contribution in [3.8, 4) is 0 Å². The van der Waals surface area contributed by atoms with Gasteiger partial charge in [0, 0.05) is 30.1 Å². The summed E-state index contributed by atoms with van der Waals surface area (Å²) in [6.07, 6.45) is 1.19. The SMILES string of the molecule is CCCNC(c1ccc(C)cc1C)C1CSCCN1C. The molecule has 2 atom stereocenters. The molecule has 2 rings (SSSR count). The van der Waals surface area contributed by atoms with Crippen molar-refractivity contribution in [3.05, 3.63) is 34.9 Å². The molecule has 2 nitrogen and oxygen atoms in total. The molecular formula is C17H28N2S. The predicted octanol–water partition coefficient (Wildman–Crippen LogP) is 3.39. The molecule has 2 unspecified atom stereocenters. The molecule has 0 bridgehead atoms. The second-order valence-electron chi connectivity index (χ2n) is 5.91. The van der Waals surface area contributed by atoms with Gasteiger partial charge in [-0.05, 0) is 45.0 Å². The number of nitrogens with zero attached hydrogens (tertiary/aromatic N) is 1. The normalized spacial score (nSPS) is 21.9. The van der Waals surface area contributed by atoms with Crippen LogP contribution in [0.1, 0.15) is 36.1 Å². The highest BCUT2D eigenvalue weighted by molar-refractivity contribution is 7.99. The van der Waals surface area contributed by atoms with Gasteiger partial charge in [0.1, 0.15) is 0 Å². The first-order valence-corrected chi connectivity index (χ1v) is 8.87. The smallest absolute Gasteiger partial charge is 0.0488 e. The molecule has 112 valence electrons. The van der Waals surface area contributed by atoms with E-state index in [1.165, 1.54) is 41.2 Å². The van der Waals surface area contributed by atoms with Crippen molar-refractivity contribution in [3.63, 3.8) is 0 Å². The lowest BCUT2D eigenvalue weighted by Gasteiger charge is -2.39. The molecule has 0 radical (unpaired) electrons. The van der Waals surface area contributed by atoms with Gasteiger partial charge in [-0.3, -0.25) is 4.90 Å². The predicted molar refractivity (Wildman–Crippen MR) is 90.7 cm³/mol. The fraction of sp³-hybridized carbons (Fsp3) is 0.647. The highest BCUT2D eigenvalue weighted by Gasteiger charge is 2.29. The highest BCUT2D eigenvalue weighted by Crippen LogP contribution is 2.29. The van der Waals surface area contributed by atoms with Crippen molar-refractivity contribution >= 4 is 11.8 Å². The van der Waals surface area contributed by atoms with Crippen LogP contribution < -0.4 is 5.32 Å². The number of likely N-dealkylation sites (N-methyl/N-ethyl adjacent to an activating group) is 1. The van der Waals surface area contributed by atoms with E-state index in [0.29, 0.717) is 12.1 Å². The fourth-order valence-corrected chi connectivity index (χ4v) is 4.26. The number of hydrogen-bond acceptors (Lipinski definition) is 3.